The lowest BCUT2D eigenvalue weighted by Gasteiger charge is -2.35. The Hall–Kier alpha value is -2.33. The molecule has 27 heavy (non-hydrogen) atoms. The Balaban J connectivity index is 1.32. The number of hydrogen-bond donors (Lipinski definition) is 2. The van der Waals surface area contributed by atoms with E-state index in [0.717, 1.165) is 51.7 Å². The monoisotopic (exact) mass is 363 g/mol. The predicted octanol–water partition coefficient (Wildman–Crippen LogP) is 3.58. The lowest BCUT2D eigenvalue weighted by molar-refractivity contribution is -0.123. The Bertz CT molecular complexity index is 736. The Labute approximate surface area is 162 Å². The third-order valence-electron chi connectivity index (χ3n) is 5.81. The molecule has 2 aromatic rings. The fourth-order valence-corrected chi connectivity index (χ4v) is 4.18. The number of amides is 1. The molecule has 0 aliphatic carbocycles. The van der Waals surface area contributed by atoms with Crippen LogP contribution in [0.4, 0.5) is 5.69 Å². The molecule has 4 nitrogen and oxygen atoms in total. The van der Waals surface area contributed by atoms with Gasteiger partial charge in [0, 0.05) is 31.4 Å². The van der Waals surface area contributed by atoms with Gasteiger partial charge >= 0.3 is 0 Å². The number of nitrogens with one attached hydrogen (secondary N) is 2. The zero-order chi connectivity index (χ0) is 18.5. The van der Waals surface area contributed by atoms with Crippen molar-refractivity contribution in [2.75, 3.05) is 24.5 Å². The molecule has 0 bridgehead atoms. The molecule has 0 aromatic heterocycles. The van der Waals surface area contributed by atoms with Crippen LogP contribution in [0, 0.1) is 0 Å². The van der Waals surface area contributed by atoms with Crippen LogP contribution in [0.3, 0.4) is 0 Å². The largest absolute Gasteiger partial charge is 0.371 e. The lowest BCUT2D eigenvalue weighted by Crippen LogP contribution is -2.51. The van der Waals surface area contributed by atoms with Crippen molar-refractivity contribution in [3.05, 3.63) is 54.6 Å². The molecule has 142 valence electrons. The van der Waals surface area contributed by atoms with Gasteiger partial charge in [-0.2, -0.15) is 0 Å². The second kappa shape index (κ2) is 8.57. The first-order valence-corrected chi connectivity index (χ1v) is 10.2. The molecule has 0 spiro atoms. The minimum atomic E-state index is -0.00536. The molecule has 2 fully saturated rings. The summed E-state index contributed by atoms with van der Waals surface area (Å²) in [6.07, 6.45) is 5.37. The van der Waals surface area contributed by atoms with E-state index in [2.05, 4.69) is 70.1 Å². The number of benzene rings is 2. The first-order valence-electron chi connectivity index (χ1n) is 10.2. The van der Waals surface area contributed by atoms with Crippen LogP contribution in [-0.4, -0.2) is 37.6 Å². The van der Waals surface area contributed by atoms with Crippen LogP contribution >= 0.6 is 0 Å². The molecule has 2 aliphatic rings. The fraction of sp³-hybridized carbons (Fsp3) is 0.435. The molecular formula is C23H29N3O. The normalized spacial score (nSPS) is 21.6. The SMILES string of the molecule is O=C1NCCCC[C@@H]1NC1CCN(c2ccc(-c3ccccc3)cc2)CC1. The Morgan fingerprint density at radius 1 is 0.852 bits per heavy atom. The van der Waals surface area contributed by atoms with Gasteiger partial charge in [0.15, 0.2) is 0 Å². The second-order valence-corrected chi connectivity index (χ2v) is 7.68. The van der Waals surface area contributed by atoms with Crippen LogP contribution in [0.1, 0.15) is 32.1 Å². The lowest BCUT2D eigenvalue weighted by atomic mass is 10.0. The molecule has 2 heterocycles. The minimum absolute atomic E-state index is 0.00536. The summed E-state index contributed by atoms with van der Waals surface area (Å²) >= 11 is 0. The molecule has 4 heteroatoms. The number of piperidine rings is 1. The summed E-state index contributed by atoms with van der Waals surface area (Å²) in [5.74, 6) is 0.187. The number of carbonyl (C=O) groups is 1. The molecule has 2 aliphatic heterocycles. The van der Waals surface area contributed by atoms with Gasteiger partial charge in [-0.25, -0.2) is 0 Å². The van der Waals surface area contributed by atoms with Gasteiger partial charge in [-0.15, -0.1) is 0 Å². The second-order valence-electron chi connectivity index (χ2n) is 7.68. The van der Waals surface area contributed by atoms with Crippen molar-refractivity contribution in [2.45, 2.75) is 44.2 Å². The summed E-state index contributed by atoms with van der Waals surface area (Å²) in [5, 5.41) is 6.64. The molecule has 2 N–H and O–H groups in total. The van der Waals surface area contributed by atoms with E-state index in [1.165, 1.54) is 16.8 Å². The average Bonchev–Trinajstić information content (AvgIpc) is 2.94. The van der Waals surface area contributed by atoms with Crippen molar-refractivity contribution < 1.29 is 4.79 Å². The van der Waals surface area contributed by atoms with E-state index in [4.69, 9.17) is 0 Å². The van der Waals surface area contributed by atoms with E-state index in [-0.39, 0.29) is 11.9 Å². The van der Waals surface area contributed by atoms with Crippen molar-refractivity contribution in [2.24, 2.45) is 0 Å². The number of nitrogens with zero attached hydrogens (tertiary/aromatic N) is 1. The highest BCUT2D eigenvalue weighted by molar-refractivity contribution is 5.81. The molecule has 0 saturated carbocycles. The molecule has 2 saturated heterocycles. The smallest absolute Gasteiger partial charge is 0.237 e. The van der Waals surface area contributed by atoms with Gasteiger partial charge in [0.2, 0.25) is 5.91 Å². The van der Waals surface area contributed by atoms with Crippen LogP contribution in [0.15, 0.2) is 54.6 Å². The minimum Gasteiger partial charge on any atom is -0.371 e. The van der Waals surface area contributed by atoms with E-state index < -0.39 is 0 Å². The average molecular weight is 364 g/mol. The zero-order valence-corrected chi connectivity index (χ0v) is 15.9. The highest BCUT2D eigenvalue weighted by Crippen LogP contribution is 2.25. The van der Waals surface area contributed by atoms with Crippen LogP contribution < -0.4 is 15.5 Å². The van der Waals surface area contributed by atoms with Gasteiger partial charge in [0.05, 0.1) is 6.04 Å². The summed E-state index contributed by atoms with van der Waals surface area (Å²) < 4.78 is 0. The number of hydrogen-bond acceptors (Lipinski definition) is 3. The highest BCUT2D eigenvalue weighted by Gasteiger charge is 2.26. The molecular weight excluding hydrogens is 334 g/mol. The molecule has 0 unspecified atom stereocenters. The maximum absolute atomic E-state index is 12.1. The quantitative estimate of drug-likeness (QED) is 0.873. The Kier molecular flexibility index (Phi) is 5.73. The van der Waals surface area contributed by atoms with E-state index in [1.807, 2.05) is 0 Å². The topological polar surface area (TPSA) is 44.4 Å². The van der Waals surface area contributed by atoms with E-state index in [1.54, 1.807) is 0 Å². The fourth-order valence-electron chi connectivity index (χ4n) is 4.18. The van der Waals surface area contributed by atoms with Crippen molar-refractivity contribution in [1.82, 2.24) is 10.6 Å². The summed E-state index contributed by atoms with van der Waals surface area (Å²) in [5.41, 5.74) is 3.81. The molecule has 0 radical (unpaired) electrons. The number of rotatable bonds is 4. The number of anilines is 1. The van der Waals surface area contributed by atoms with Gasteiger partial charge in [-0.05, 0) is 55.4 Å². The van der Waals surface area contributed by atoms with Gasteiger partial charge in [-0.3, -0.25) is 4.79 Å². The van der Waals surface area contributed by atoms with Crippen LogP contribution in [0.2, 0.25) is 0 Å². The van der Waals surface area contributed by atoms with Gasteiger partial charge in [0.25, 0.3) is 0 Å². The van der Waals surface area contributed by atoms with Crippen molar-refractivity contribution >= 4 is 11.6 Å². The molecule has 1 amide bonds. The predicted molar refractivity (Wildman–Crippen MR) is 111 cm³/mol. The van der Waals surface area contributed by atoms with Gasteiger partial charge in [-0.1, -0.05) is 42.5 Å². The summed E-state index contributed by atoms with van der Waals surface area (Å²) in [6, 6.07) is 19.8. The maximum atomic E-state index is 12.1. The maximum Gasteiger partial charge on any atom is 0.237 e. The Morgan fingerprint density at radius 3 is 2.30 bits per heavy atom. The Morgan fingerprint density at radius 2 is 1.56 bits per heavy atom. The van der Waals surface area contributed by atoms with Crippen LogP contribution in [0.5, 0.6) is 0 Å². The van der Waals surface area contributed by atoms with E-state index >= 15 is 0 Å². The number of carbonyl (C=O) groups excluding carboxylic acids is 1. The third kappa shape index (κ3) is 4.51. The highest BCUT2D eigenvalue weighted by atomic mass is 16.2. The molecule has 1 atom stereocenters. The molecule has 2 aromatic carbocycles. The van der Waals surface area contributed by atoms with Crippen molar-refractivity contribution in [1.29, 1.82) is 0 Å². The van der Waals surface area contributed by atoms with E-state index in [0.29, 0.717) is 6.04 Å². The summed E-state index contributed by atoms with van der Waals surface area (Å²) in [7, 11) is 0. The zero-order valence-electron chi connectivity index (χ0n) is 15.9. The first-order chi connectivity index (χ1) is 13.3. The van der Waals surface area contributed by atoms with E-state index in [9.17, 15) is 4.79 Å². The van der Waals surface area contributed by atoms with Crippen molar-refractivity contribution in [3.8, 4) is 11.1 Å². The first kappa shape index (κ1) is 18.1. The van der Waals surface area contributed by atoms with Crippen molar-refractivity contribution in [3.63, 3.8) is 0 Å². The van der Waals surface area contributed by atoms with Crippen LogP contribution in [0.25, 0.3) is 11.1 Å². The van der Waals surface area contributed by atoms with Gasteiger partial charge in [0.1, 0.15) is 0 Å². The molecule has 4 rings (SSSR count). The summed E-state index contributed by atoms with van der Waals surface area (Å²) in [6.45, 7) is 2.90. The third-order valence-corrected chi connectivity index (χ3v) is 5.81. The van der Waals surface area contributed by atoms with Crippen LogP contribution in [-0.2, 0) is 4.79 Å². The summed E-state index contributed by atoms with van der Waals surface area (Å²) in [4.78, 5) is 14.6. The van der Waals surface area contributed by atoms with Gasteiger partial charge < -0.3 is 15.5 Å². The standard InChI is InChI=1S/C23H29N3O/c27-23-22(8-4-5-15-24-23)25-20-13-16-26(17-14-20)21-11-9-19(10-12-21)18-6-2-1-3-7-18/h1-3,6-7,9-12,20,22,25H,4-5,8,13-17H2,(H,24,27)/t22-/m0/s1.